The molecule has 0 bridgehead atoms. The average Bonchev–Trinajstić information content (AvgIpc) is 3.12. The van der Waals surface area contributed by atoms with Crippen LogP contribution in [0.25, 0.3) is 0 Å². The first-order valence-corrected chi connectivity index (χ1v) is 10.2. The van der Waals surface area contributed by atoms with Gasteiger partial charge in [0.25, 0.3) is 0 Å². The summed E-state index contributed by atoms with van der Waals surface area (Å²) in [4.78, 5) is 16.8. The van der Waals surface area contributed by atoms with E-state index < -0.39 is 0 Å². The number of hydrogen-bond donors (Lipinski definition) is 2. The number of carbonyl (C=O) groups excluding carboxylic acids is 1. The van der Waals surface area contributed by atoms with E-state index in [4.69, 9.17) is 11.6 Å². The molecule has 0 radical (unpaired) electrons. The zero-order chi connectivity index (χ0) is 18.4. The Morgan fingerprint density at radius 3 is 2.81 bits per heavy atom. The van der Waals surface area contributed by atoms with E-state index in [9.17, 15) is 4.79 Å². The van der Waals surface area contributed by atoms with Gasteiger partial charge in [-0.1, -0.05) is 24.1 Å². The molecule has 144 valence electrons. The highest BCUT2D eigenvalue weighted by Crippen LogP contribution is 2.29. The Bertz CT molecular complexity index is 603. The minimum Gasteiger partial charge on any atom is -0.371 e. The van der Waals surface area contributed by atoms with E-state index in [1.54, 1.807) is 0 Å². The van der Waals surface area contributed by atoms with Gasteiger partial charge in [0.15, 0.2) is 0 Å². The van der Waals surface area contributed by atoms with Crippen molar-refractivity contribution in [3.05, 3.63) is 28.8 Å². The number of amides is 2. The number of nitrogens with zero attached hydrogens (tertiary/aromatic N) is 2. The topological polar surface area (TPSA) is 47.6 Å². The van der Waals surface area contributed by atoms with Gasteiger partial charge in [-0.2, -0.15) is 0 Å². The molecule has 0 saturated carbocycles. The van der Waals surface area contributed by atoms with Crippen LogP contribution in [0.3, 0.4) is 0 Å². The lowest BCUT2D eigenvalue weighted by Crippen LogP contribution is -2.43. The third-order valence-electron chi connectivity index (χ3n) is 5.51. The second-order valence-corrected chi connectivity index (χ2v) is 8.01. The predicted molar refractivity (Wildman–Crippen MR) is 108 cm³/mol. The lowest BCUT2D eigenvalue weighted by atomic mass is 10.1. The highest BCUT2D eigenvalue weighted by molar-refractivity contribution is 6.30. The number of aryl methyl sites for hydroxylation is 1. The van der Waals surface area contributed by atoms with Crippen molar-refractivity contribution in [3.63, 3.8) is 0 Å². The molecule has 1 aromatic carbocycles. The highest BCUT2D eigenvalue weighted by atomic mass is 35.5. The van der Waals surface area contributed by atoms with Crippen LogP contribution in [0.1, 0.15) is 31.2 Å². The molecule has 2 saturated heterocycles. The van der Waals surface area contributed by atoms with Crippen LogP contribution >= 0.6 is 11.6 Å². The molecule has 0 aromatic heterocycles. The number of nitrogens with one attached hydrogen (secondary N) is 2. The summed E-state index contributed by atoms with van der Waals surface area (Å²) in [5.41, 5.74) is 2.46. The molecule has 6 heteroatoms. The number of likely N-dealkylation sites (tertiary alicyclic amines) is 1. The van der Waals surface area contributed by atoms with Gasteiger partial charge in [0, 0.05) is 43.4 Å². The smallest absolute Gasteiger partial charge is 0.314 e. The van der Waals surface area contributed by atoms with Crippen molar-refractivity contribution in [2.45, 2.75) is 32.6 Å². The van der Waals surface area contributed by atoms with Gasteiger partial charge in [-0.3, -0.25) is 0 Å². The fourth-order valence-corrected chi connectivity index (χ4v) is 4.12. The highest BCUT2D eigenvalue weighted by Gasteiger charge is 2.24. The Balaban J connectivity index is 1.35. The zero-order valence-electron chi connectivity index (χ0n) is 15.8. The molecule has 1 unspecified atom stereocenters. The first-order valence-electron chi connectivity index (χ1n) is 9.87. The van der Waals surface area contributed by atoms with Crippen molar-refractivity contribution in [3.8, 4) is 0 Å². The van der Waals surface area contributed by atoms with Crippen LogP contribution in [0.2, 0.25) is 5.02 Å². The van der Waals surface area contributed by atoms with E-state index in [-0.39, 0.29) is 6.03 Å². The van der Waals surface area contributed by atoms with E-state index in [2.05, 4.69) is 33.4 Å². The Labute approximate surface area is 162 Å². The second-order valence-electron chi connectivity index (χ2n) is 7.57. The summed E-state index contributed by atoms with van der Waals surface area (Å²) in [6.45, 7) is 8.86. The van der Waals surface area contributed by atoms with Crippen LogP contribution in [-0.2, 0) is 0 Å². The summed E-state index contributed by atoms with van der Waals surface area (Å²) in [5, 5.41) is 6.81. The third kappa shape index (κ3) is 5.52. The maximum atomic E-state index is 12.0. The van der Waals surface area contributed by atoms with Gasteiger partial charge in [0.05, 0.1) is 0 Å². The average molecular weight is 379 g/mol. The Hall–Kier alpha value is -1.46. The lowest BCUT2D eigenvalue weighted by Gasteiger charge is -2.26. The molecule has 2 fully saturated rings. The van der Waals surface area contributed by atoms with Crippen LogP contribution < -0.4 is 15.5 Å². The predicted octanol–water partition coefficient (Wildman–Crippen LogP) is 3.26. The van der Waals surface area contributed by atoms with Gasteiger partial charge < -0.3 is 20.4 Å². The summed E-state index contributed by atoms with van der Waals surface area (Å²) >= 11 is 6.14. The van der Waals surface area contributed by atoms with Gasteiger partial charge in [-0.05, 0) is 62.9 Å². The molecular formula is C20H31ClN4O. The number of urea groups is 1. The van der Waals surface area contributed by atoms with Crippen molar-refractivity contribution in [1.82, 2.24) is 15.5 Å². The first-order chi connectivity index (χ1) is 12.6. The van der Waals surface area contributed by atoms with E-state index in [0.717, 1.165) is 44.2 Å². The van der Waals surface area contributed by atoms with Gasteiger partial charge in [0.2, 0.25) is 0 Å². The molecule has 0 aliphatic carbocycles. The molecule has 2 aliphatic heterocycles. The molecule has 2 amide bonds. The van der Waals surface area contributed by atoms with Crippen LogP contribution in [0, 0.1) is 12.8 Å². The molecule has 26 heavy (non-hydrogen) atoms. The monoisotopic (exact) mass is 378 g/mol. The molecule has 2 heterocycles. The molecular weight excluding hydrogens is 348 g/mol. The maximum absolute atomic E-state index is 12.0. The fraction of sp³-hybridized carbons (Fsp3) is 0.650. The summed E-state index contributed by atoms with van der Waals surface area (Å²) in [6, 6.07) is 6.00. The lowest BCUT2D eigenvalue weighted by molar-refractivity contribution is 0.220. The van der Waals surface area contributed by atoms with Crippen LogP contribution in [-0.4, -0.2) is 56.7 Å². The largest absolute Gasteiger partial charge is 0.371 e. The molecule has 2 N–H and O–H groups in total. The van der Waals surface area contributed by atoms with Crippen molar-refractivity contribution in [1.29, 1.82) is 0 Å². The fourth-order valence-electron chi connectivity index (χ4n) is 3.95. The summed E-state index contributed by atoms with van der Waals surface area (Å²) < 4.78 is 0. The summed E-state index contributed by atoms with van der Waals surface area (Å²) in [6.07, 6.45) is 5.02. The van der Waals surface area contributed by atoms with Gasteiger partial charge in [0.1, 0.15) is 0 Å². The minimum absolute atomic E-state index is 0.0422. The van der Waals surface area contributed by atoms with Gasteiger partial charge in [-0.25, -0.2) is 4.79 Å². The summed E-state index contributed by atoms with van der Waals surface area (Å²) in [7, 11) is 0. The SMILES string of the molecule is Cc1ccc(Cl)cc1N1CCC(CNC(=O)NCCN2CCCCC2)C1. The molecule has 2 aliphatic rings. The molecule has 1 aromatic rings. The minimum atomic E-state index is -0.0422. The van der Waals surface area contributed by atoms with Gasteiger partial charge >= 0.3 is 6.03 Å². The number of carbonyl (C=O) groups is 1. The van der Waals surface area contributed by atoms with Crippen molar-refractivity contribution < 1.29 is 4.79 Å². The van der Waals surface area contributed by atoms with Gasteiger partial charge in [-0.15, -0.1) is 0 Å². The Morgan fingerprint density at radius 1 is 1.19 bits per heavy atom. The summed E-state index contributed by atoms with van der Waals surface area (Å²) in [5.74, 6) is 0.487. The number of benzene rings is 1. The standard InChI is InChI=1S/C20H31ClN4O/c1-16-5-6-18(21)13-19(16)25-11-7-17(15-25)14-23-20(26)22-8-12-24-9-3-2-4-10-24/h5-6,13,17H,2-4,7-12,14-15H2,1H3,(H2,22,23,26). The van der Waals surface area contributed by atoms with Crippen LogP contribution in [0.15, 0.2) is 18.2 Å². The van der Waals surface area contributed by atoms with E-state index in [0.29, 0.717) is 5.92 Å². The number of anilines is 1. The zero-order valence-corrected chi connectivity index (χ0v) is 16.5. The van der Waals surface area contributed by atoms with Crippen molar-refractivity contribution >= 4 is 23.3 Å². The van der Waals surface area contributed by atoms with Crippen molar-refractivity contribution in [2.24, 2.45) is 5.92 Å². The number of hydrogen-bond acceptors (Lipinski definition) is 3. The quantitative estimate of drug-likeness (QED) is 0.798. The molecule has 3 rings (SSSR count). The number of halogens is 1. The van der Waals surface area contributed by atoms with Crippen LogP contribution in [0.5, 0.6) is 0 Å². The third-order valence-corrected chi connectivity index (χ3v) is 5.75. The van der Waals surface area contributed by atoms with E-state index in [1.807, 2.05) is 12.1 Å². The van der Waals surface area contributed by atoms with E-state index >= 15 is 0 Å². The molecule has 1 atom stereocenters. The maximum Gasteiger partial charge on any atom is 0.314 e. The van der Waals surface area contributed by atoms with Crippen LogP contribution in [0.4, 0.5) is 10.5 Å². The number of rotatable bonds is 6. The number of piperidine rings is 1. The first kappa shape index (κ1) is 19.3. The molecule has 5 nitrogen and oxygen atoms in total. The van der Waals surface area contributed by atoms with E-state index in [1.165, 1.54) is 43.6 Å². The second kappa shape index (κ2) is 9.47. The van der Waals surface area contributed by atoms with Crippen molar-refractivity contribution in [2.75, 3.05) is 50.7 Å². The normalized spacial score (nSPS) is 21.0. The Morgan fingerprint density at radius 2 is 2.00 bits per heavy atom. The molecule has 0 spiro atoms. The Kier molecular flexibility index (Phi) is 7.03.